The first-order chi connectivity index (χ1) is 12.1. The third-order valence-corrected chi connectivity index (χ3v) is 5.01. The molecule has 25 heavy (non-hydrogen) atoms. The molecule has 0 saturated heterocycles. The summed E-state index contributed by atoms with van der Waals surface area (Å²) >= 11 is 0. The Morgan fingerprint density at radius 2 is 1.92 bits per heavy atom. The molecule has 0 bridgehead atoms. The Morgan fingerprint density at radius 3 is 2.76 bits per heavy atom. The van der Waals surface area contributed by atoms with Gasteiger partial charge in [-0.1, -0.05) is 12.1 Å². The van der Waals surface area contributed by atoms with Gasteiger partial charge in [-0.15, -0.1) is 0 Å². The highest BCUT2D eigenvalue weighted by Crippen LogP contribution is 2.33. The third-order valence-electron chi connectivity index (χ3n) is 5.01. The Labute approximate surface area is 145 Å². The van der Waals surface area contributed by atoms with Crippen LogP contribution in [-0.4, -0.2) is 24.0 Å². The van der Waals surface area contributed by atoms with Gasteiger partial charge in [-0.2, -0.15) is 0 Å². The van der Waals surface area contributed by atoms with Crippen LogP contribution in [-0.2, 0) is 19.4 Å². The van der Waals surface area contributed by atoms with Crippen molar-refractivity contribution in [3.8, 4) is 0 Å². The molecule has 1 aromatic heterocycles. The van der Waals surface area contributed by atoms with E-state index in [9.17, 15) is 13.6 Å². The Kier molecular flexibility index (Phi) is 4.19. The zero-order chi connectivity index (χ0) is 17.4. The lowest BCUT2D eigenvalue weighted by Crippen LogP contribution is -2.45. The summed E-state index contributed by atoms with van der Waals surface area (Å²) in [6, 6.07) is 6.45. The molecule has 2 aliphatic rings. The van der Waals surface area contributed by atoms with Crippen molar-refractivity contribution in [3.63, 3.8) is 0 Å². The molecule has 0 aliphatic carbocycles. The van der Waals surface area contributed by atoms with Crippen molar-refractivity contribution in [1.29, 1.82) is 0 Å². The van der Waals surface area contributed by atoms with Crippen LogP contribution in [0.4, 0.5) is 19.3 Å². The number of fused-ring (bicyclic) bond motifs is 2. The zero-order valence-electron chi connectivity index (χ0n) is 13.9. The standard InChI is InChI=1S/C19H20F2N2O2/c20-18(21)14-6-5-13-3-1-9-23(16(13)11-14)19(24)22-8-2-4-17-15(12-22)7-10-25-17/h5-7,10-11,18H,1-4,8-9,12H2. The molecule has 2 aromatic rings. The maximum atomic E-state index is 13.1. The first-order valence-electron chi connectivity index (χ1n) is 8.66. The van der Waals surface area contributed by atoms with Gasteiger partial charge >= 0.3 is 6.03 Å². The van der Waals surface area contributed by atoms with Gasteiger partial charge in [0.05, 0.1) is 12.8 Å². The molecule has 2 aliphatic heterocycles. The number of halogens is 2. The van der Waals surface area contributed by atoms with Gasteiger partial charge in [0.1, 0.15) is 5.76 Å². The highest BCUT2D eigenvalue weighted by Gasteiger charge is 2.29. The number of aryl methyl sites for hydroxylation is 2. The number of hydrogen-bond donors (Lipinski definition) is 0. The van der Waals surface area contributed by atoms with E-state index in [1.54, 1.807) is 22.1 Å². The number of benzene rings is 1. The molecule has 2 amide bonds. The summed E-state index contributed by atoms with van der Waals surface area (Å²) in [5, 5.41) is 0. The number of furan rings is 1. The van der Waals surface area contributed by atoms with Gasteiger partial charge in [-0.3, -0.25) is 4.90 Å². The van der Waals surface area contributed by atoms with Gasteiger partial charge in [0.2, 0.25) is 0 Å². The van der Waals surface area contributed by atoms with E-state index in [2.05, 4.69) is 0 Å². The van der Waals surface area contributed by atoms with Crippen LogP contribution in [0, 0.1) is 0 Å². The van der Waals surface area contributed by atoms with Crippen LogP contribution in [0.15, 0.2) is 34.9 Å². The van der Waals surface area contributed by atoms with Crippen LogP contribution in [0.3, 0.4) is 0 Å². The molecule has 0 unspecified atom stereocenters. The van der Waals surface area contributed by atoms with E-state index in [0.717, 1.165) is 42.6 Å². The molecule has 0 N–H and O–H groups in total. The van der Waals surface area contributed by atoms with Crippen molar-refractivity contribution in [3.05, 3.63) is 53.0 Å². The zero-order valence-corrected chi connectivity index (χ0v) is 13.9. The number of carbonyl (C=O) groups excluding carboxylic acids is 1. The van der Waals surface area contributed by atoms with Crippen LogP contribution in [0.5, 0.6) is 0 Å². The fraction of sp³-hybridized carbons (Fsp3) is 0.421. The third kappa shape index (κ3) is 3.01. The Hall–Kier alpha value is -2.37. The van der Waals surface area contributed by atoms with Crippen molar-refractivity contribution >= 4 is 11.7 Å². The van der Waals surface area contributed by atoms with Crippen molar-refractivity contribution in [1.82, 2.24) is 4.90 Å². The largest absolute Gasteiger partial charge is 0.469 e. The van der Waals surface area contributed by atoms with Crippen LogP contribution in [0.1, 0.15) is 41.7 Å². The van der Waals surface area contributed by atoms with E-state index in [0.29, 0.717) is 25.3 Å². The number of nitrogens with zero attached hydrogens (tertiary/aromatic N) is 2. The van der Waals surface area contributed by atoms with Crippen molar-refractivity contribution in [2.75, 3.05) is 18.0 Å². The van der Waals surface area contributed by atoms with Crippen LogP contribution >= 0.6 is 0 Å². The quantitative estimate of drug-likeness (QED) is 0.760. The second-order valence-corrected chi connectivity index (χ2v) is 6.62. The van der Waals surface area contributed by atoms with E-state index in [-0.39, 0.29) is 11.6 Å². The molecule has 132 valence electrons. The SMILES string of the molecule is O=C(N1CCCc2occc2C1)N1CCCc2ccc(C(F)F)cc21. The Morgan fingerprint density at radius 1 is 1.08 bits per heavy atom. The summed E-state index contributed by atoms with van der Waals surface area (Å²) in [4.78, 5) is 16.6. The molecule has 3 heterocycles. The number of rotatable bonds is 1. The molecular weight excluding hydrogens is 326 g/mol. The Balaban J connectivity index is 1.62. The van der Waals surface area contributed by atoms with Crippen molar-refractivity contribution < 1.29 is 18.0 Å². The number of alkyl halides is 2. The predicted octanol–water partition coefficient (Wildman–Crippen LogP) is 4.54. The summed E-state index contributed by atoms with van der Waals surface area (Å²) < 4.78 is 31.6. The molecular formula is C19H20F2N2O2. The molecule has 0 fully saturated rings. The average Bonchev–Trinajstić information content (AvgIpc) is 2.96. The number of amides is 2. The molecule has 0 saturated carbocycles. The van der Waals surface area contributed by atoms with E-state index in [1.807, 2.05) is 6.07 Å². The minimum Gasteiger partial charge on any atom is -0.469 e. The fourth-order valence-electron chi connectivity index (χ4n) is 3.70. The van der Waals surface area contributed by atoms with Gasteiger partial charge in [-0.25, -0.2) is 13.6 Å². The van der Waals surface area contributed by atoms with Crippen LogP contribution in [0.2, 0.25) is 0 Å². The summed E-state index contributed by atoms with van der Waals surface area (Å²) in [7, 11) is 0. The normalized spacial score (nSPS) is 17.2. The minimum absolute atomic E-state index is 0.0357. The topological polar surface area (TPSA) is 36.7 Å². The average molecular weight is 346 g/mol. The molecule has 0 atom stereocenters. The minimum atomic E-state index is -2.53. The summed E-state index contributed by atoms with van der Waals surface area (Å²) in [6.45, 7) is 1.71. The smallest absolute Gasteiger partial charge is 0.324 e. The number of hydrogen-bond acceptors (Lipinski definition) is 2. The molecule has 4 rings (SSSR count). The van der Waals surface area contributed by atoms with Gasteiger partial charge in [0.25, 0.3) is 6.43 Å². The monoisotopic (exact) mass is 346 g/mol. The first-order valence-corrected chi connectivity index (χ1v) is 8.66. The molecule has 0 radical (unpaired) electrons. The maximum absolute atomic E-state index is 13.1. The van der Waals surface area contributed by atoms with E-state index >= 15 is 0 Å². The van der Waals surface area contributed by atoms with Crippen molar-refractivity contribution in [2.24, 2.45) is 0 Å². The van der Waals surface area contributed by atoms with Crippen LogP contribution in [0.25, 0.3) is 0 Å². The summed E-state index contributed by atoms with van der Waals surface area (Å²) in [6.07, 6.45) is 2.44. The number of carbonyl (C=O) groups is 1. The number of anilines is 1. The summed E-state index contributed by atoms with van der Waals surface area (Å²) in [5.74, 6) is 0.939. The Bertz CT molecular complexity index is 787. The lowest BCUT2D eigenvalue weighted by molar-refractivity contribution is 0.151. The predicted molar refractivity (Wildman–Crippen MR) is 89.9 cm³/mol. The summed E-state index contributed by atoms with van der Waals surface area (Å²) in [5.41, 5.74) is 2.59. The second kappa shape index (κ2) is 6.50. The van der Waals surface area contributed by atoms with Crippen molar-refractivity contribution in [2.45, 2.75) is 38.7 Å². The second-order valence-electron chi connectivity index (χ2n) is 6.62. The highest BCUT2D eigenvalue weighted by atomic mass is 19.3. The van der Waals surface area contributed by atoms with Crippen LogP contribution < -0.4 is 4.90 Å². The van der Waals surface area contributed by atoms with E-state index < -0.39 is 6.43 Å². The highest BCUT2D eigenvalue weighted by molar-refractivity contribution is 5.93. The molecule has 6 heteroatoms. The molecule has 1 aromatic carbocycles. The lowest BCUT2D eigenvalue weighted by atomic mass is 10.00. The fourth-order valence-corrected chi connectivity index (χ4v) is 3.70. The van der Waals surface area contributed by atoms with Gasteiger partial charge in [-0.05, 0) is 37.0 Å². The first kappa shape index (κ1) is 16.1. The number of urea groups is 1. The van der Waals surface area contributed by atoms with E-state index in [4.69, 9.17) is 4.42 Å². The van der Waals surface area contributed by atoms with Gasteiger partial charge < -0.3 is 9.32 Å². The van der Waals surface area contributed by atoms with Gasteiger partial charge in [0, 0.05) is 36.3 Å². The molecule has 4 nitrogen and oxygen atoms in total. The lowest BCUT2D eigenvalue weighted by Gasteiger charge is -2.34. The van der Waals surface area contributed by atoms with Gasteiger partial charge in [0.15, 0.2) is 0 Å². The maximum Gasteiger partial charge on any atom is 0.324 e. The van der Waals surface area contributed by atoms with E-state index in [1.165, 1.54) is 12.1 Å². The molecule has 0 spiro atoms.